The highest BCUT2D eigenvalue weighted by Crippen LogP contribution is 2.42. The molecule has 0 spiro atoms. The van der Waals surface area contributed by atoms with Gasteiger partial charge in [0.25, 0.3) is 0 Å². The molecule has 0 bridgehead atoms. The average molecular weight is 394 g/mol. The second-order valence-electron chi connectivity index (χ2n) is 6.88. The van der Waals surface area contributed by atoms with Crippen molar-refractivity contribution in [1.29, 1.82) is 0 Å². The van der Waals surface area contributed by atoms with Crippen LogP contribution in [0.3, 0.4) is 0 Å². The molecule has 2 aromatic carbocycles. The highest BCUT2D eigenvalue weighted by molar-refractivity contribution is 5.97. The van der Waals surface area contributed by atoms with Gasteiger partial charge in [-0.1, -0.05) is 19.1 Å². The minimum Gasteiger partial charge on any atom is -0.507 e. The van der Waals surface area contributed by atoms with E-state index in [4.69, 9.17) is 0 Å². The second-order valence-corrected chi connectivity index (χ2v) is 6.88. The Labute approximate surface area is 160 Å². The molecule has 0 amide bonds. The number of halogens is 3. The molecule has 28 heavy (non-hydrogen) atoms. The van der Waals surface area contributed by atoms with Crippen LogP contribution in [0.2, 0.25) is 0 Å². The first-order valence-electron chi connectivity index (χ1n) is 8.65. The molecule has 2 rings (SSSR count). The molecule has 4 nitrogen and oxygen atoms in total. The van der Waals surface area contributed by atoms with Crippen molar-refractivity contribution in [2.24, 2.45) is 0 Å². The number of hydrogen-bond acceptors (Lipinski definition) is 4. The van der Waals surface area contributed by atoms with Gasteiger partial charge in [0, 0.05) is 0 Å². The fourth-order valence-corrected chi connectivity index (χ4v) is 3.25. The Hall–Kier alpha value is -2.83. The van der Waals surface area contributed by atoms with Crippen molar-refractivity contribution in [1.82, 2.24) is 0 Å². The number of ketones is 2. The van der Waals surface area contributed by atoms with E-state index < -0.39 is 36.0 Å². The van der Waals surface area contributed by atoms with Gasteiger partial charge < -0.3 is 10.2 Å². The van der Waals surface area contributed by atoms with Crippen LogP contribution in [0.4, 0.5) is 13.2 Å². The summed E-state index contributed by atoms with van der Waals surface area (Å²) in [5, 5.41) is 19.6. The summed E-state index contributed by atoms with van der Waals surface area (Å²) in [5.41, 5.74) is 0.692. The Balaban J connectivity index is 2.55. The maximum Gasteiger partial charge on any atom is 0.389 e. The van der Waals surface area contributed by atoms with E-state index in [1.807, 2.05) is 0 Å². The zero-order valence-corrected chi connectivity index (χ0v) is 15.7. The predicted molar refractivity (Wildman–Crippen MR) is 98.1 cm³/mol. The quantitative estimate of drug-likeness (QED) is 0.649. The van der Waals surface area contributed by atoms with Gasteiger partial charge in [0.1, 0.15) is 11.5 Å². The van der Waals surface area contributed by atoms with Gasteiger partial charge in [-0.05, 0) is 61.1 Å². The Morgan fingerprint density at radius 3 is 1.75 bits per heavy atom. The fraction of sp³-hybridized carbons (Fsp3) is 0.333. The summed E-state index contributed by atoms with van der Waals surface area (Å²) in [6.07, 6.45) is -5.61. The number of alkyl halides is 3. The van der Waals surface area contributed by atoms with E-state index in [9.17, 15) is 33.0 Å². The molecular weight excluding hydrogens is 373 g/mol. The molecule has 0 aromatic heterocycles. The van der Waals surface area contributed by atoms with Gasteiger partial charge in [0.2, 0.25) is 0 Å². The zero-order chi connectivity index (χ0) is 21.2. The Morgan fingerprint density at radius 2 is 1.32 bits per heavy atom. The van der Waals surface area contributed by atoms with Crippen molar-refractivity contribution in [2.75, 3.05) is 0 Å². The number of aromatic hydroxyl groups is 2. The molecule has 2 unspecified atom stereocenters. The van der Waals surface area contributed by atoms with Crippen LogP contribution in [-0.2, 0) is 0 Å². The van der Waals surface area contributed by atoms with E-state index in [1.54, 1.807) is 6.92 Å². The predicted octanol–water partition coefficient (Wildman–Crippen LogP) is 5.34. The van der Waals surface area contributed by atoms with Crippen molar-refractivity contribution < 1.29 is 33.0 Å². The number of phenolic OH excluding ortho intramolecular Hbond substituents is 2. The van der Waals surface area contributed by atoms with Gasteiger partial charge in [-0.15, -0.1) is 0 Å². The Kier molecular flexibility index (Phi) is 6.17. The Bertz CT molecular complexity index is 903. The van der Waals surface area contributed by atoms with Crippen LogP contribution in [-0.4, -0.2) is 28.0 Å². The van der Waals surface area contributed by atoms with Crippen LogP contribution >= 0.6 is 0 Å². The summed E-state index contributed by atoms with van der Waals surface area (Å²) in [6, 6.07) is 7.99. The van der Waals surface area contributed by atoms with Crippen LogP contribution in [0, 0.1) is 0 Å². The molecular formula is C21H21F3O4. The lowest BCUT2D eigenvalue weighted by Gasteiger charge is -2.27. The SMILES string of the molecule is CC(=O)c1cc(C(C)C(CC(F)(F)F)c2ccc(O)c(C(C)=O)c2)ccc1O. The number of phenols is 2. The van der Waals surface area contributed by atoms with Crippen molar-refractivity contribution in [3.05, 3.63) is 58.7 Å². The smallest absolute Gasteiger partial charge is 0.389 e. The number of carbonyl (C=O) groups excluding carboxylic acids is 2. The highest BCUT2D eigenvalue weighted by atomic mass is 19.4. The maximum atomic E-state index is 13.3. The number of benzene rings is 2. The number of carbonyl (C=O) groups is 2. The Morgan fingerprint density at radius 1 is 0.893 bits per heavy atom. The summed E-state index contributed by atoms with van der Waals surface area (Å²) < 4.78 is 39.8. The van der Waals surface area contributed by atoms with Gasteiger partial charge in [0.15, 0.2) is 11.6 Å². The van der Waals surface area contributed by atoms with Crippen LogP contribution < -0.4 is 0 Å². The molecule has 2 N–H and O–H groups in total. The second kappa shape index (κ2) is 8.04. The zero-order valence-electron chi connectivity index (χ0n) is 15.7. The van der Waals surface area contributed by atoms with Gasteiger partial charge >= 0.3 is 6.18 Å². The first-order chi connectivity index (χ1) is 12.9. The summed E-state index contributed by atoms with van der Waals surface area (Å²) in [6.45, 7) is 4.07. The third-order valence-electron chi connectivity index (χ3n) is 4.81. The van der Waals surface area contributed by atoms with Crippen molar-refractivity contribution in [2.45, 2.75) is 45.2 Å². The lowest BCUT2D eigenvalue weighted by molar-refractivity contribution is -0.139. The molecule has 0 fully saturated rings. The summed E-state index contributed by atoms with van der Waals surface area (Å²) in [7, 11) is 0. The van der Waals surface area contributed by atoms with Gasteiger partial charge in [-0.2, -0.15) is 13.2 Å². The first kappa shape index (κ1) is 21.5. The summed E-state index contributed by atoms with van der Waals surface area (Å²) in [5.74, 6) is -3.12. The van der Waals surface area contributed by atoms with Crippen LogP contribution in [0.15, 0.2) is 36.4 Å². The maximum absolute atomic E-state index is 13.3. The summed E-state index contributed by atoms with van der Waals surface area (Å²) in [4.78, 5) is 23.3. The highest BCUT2D eigenvalue weighted by Gasteiger charge is 2.36. The summed E-state index contributed by atoms with van der Waals surface area (Å²) >= 11 is 0. The first-order valence-corrected chi connectivity index (χ1v) is 8.65. The fourth-order valence-electron chi connectivity index (χ4n) is 3.25. The largest absolute Gasteiger partial charge is 0.507 e. The van der Waals surface area contributed by atoms with Crippen molar-refractivity contribution in [3.8, 4) is 11.5 Å². The molecule has 0 saturated heterocycles. The van der Waals surface area contributed by atoms with Gasteiger partial charge in [0.05, 0.1) is 17.5 Å². The molecule has 2 aromatic rings. The third-order valence-corrected chi connectivity index (χ3v) is 4.81. The number of rotatable bonds is 6. The van der Waals surface area contributed by atoms with Crippen LogP contribution in [0.25, 0.3) is 0 Å². The molecule has 150 valence electrons. The minimum absolute atomic E-state index is 0.0326. The minimum atomic E-state index is -4.46. The molecule has 2 atom stereocenters. The monoisotopic (exact) mass is 394 g/mol. The van der Waals surface area contributed by atoms with Gasteiger partial charge in [-0.3, -0.25) is 9.59 Å². The van der Waals surface area contributed by atoms with Crippen LogP contribution in [0.5, 0.6) is 11.5 Å². The van der Waals surface area contributed by atoms with E-state index in [1.165, 1.54) is 50.2 Å². The van der Waals surface area contributed by atoms with E-state index in [0.29, 0.717) is 5.56 Å². The molecule has 0 heterocycles. The molecule has 0 aliphatic rings. The third kappa shape index (κ3) is 4.91. The van der Waals surface area contributed by atoms with Crippen LogP contribution in [0.1, 0.15) is 70.9 Å². The standard InChI is InChI=1S/C21H21F3O4/c1-11(14-4-6-19(27)16(8-14)12(2)25)18(10-21(22,23)24)15-5-7-20(28)17(9-15)13(3)26/h4-9,11,18,27-28H,10H2,1-3H3. The topological polar surface area (TPSA) is 74.6 Å². The van der Waals surface area contributed by atoms with Crippen molar-refractivity contribution >= 4 is 11.6 Å². The molecule has 0 aliphatic carbocycles. The van der Waals surface area contributed by atoms with Crippen molar-refractivity contribution in [3.63, 3.8) is 0 Å². The molecule has 0 radical (unpaired) electrons. The van der Waals surface area contributed by atoms with E-state index in [0.717, 1.165) is 0 Å². The van der Waals surface area contributed by atoms with E-state index in [2.05, 4.69) is 0 Å². The molecule has 7 heteroatoms. The normalized spacial score (nSPS) is 13.8. The molecule has 0 aliphatic heterocycles. The molecule has 0 saturated carbocycles. The number of Topliss-reactive ketones (excluding diaryl/α,β-unsaturated/α-hetero) is 2. The van der Waals surface area contributed by atoms with Gasteiger partial charge in [-0.25, -0.2) is 0 Å². The van der Waals surface area contributed by atoms with E-state index in [-0.39, 0.29) is 28.2 Å². The lowest BCUT2D eigenvalue weighted by Crippen LogP contribution is -2.19. The average Bonchev–Trinajstić information content (AvgIpc) is 2.59. The lowest BCUT2D eigenvalue weighted by atomic mass is 9.79. The van der Waals surface area contributed by atoms with E-state index >= 15 is 0 Å². The number of hydrogen-bond donors (Lipinski definition) is 2.